The van der Waals surface area contributed by atoms with Gasteiger partial charge in [0.15, 0.2) is 0 Å². The fourth-order valence-corrected chi connectivity index (χ4v) is 3.82. The SMILES string of the molecule is Cc1cccc(CC(=O)Nc2ccc(CC(=O)N3CCN(c4ncccn4)CC3)cc2)c1. The van der Waals surface area contributed by atoms with Gasteiger partial charge in [0.2, 0.25) is 17.8 Å². The number of hydrogen-bond acceptors (Lipinski definition) is 5. The first kappa shape index (κ1) is 21.5. The Bertz CT molecular complexity index is 1060. The average Bonchev–Trinajstić information content (AvgIpc) is 2.81. The second kappa shape index (κ2) is 10.0. The lowest BCUT2D eigenvalue weighted by atomic mass is 10.1. The molecule has 0 radical (unpaired) electrons. The standard InChI is InChI=1S/C25H27N5O2/c1-19-4-2-5-21(16-19)17-23(31)28-22-8-6-20(7-9-22)18-24(32)29-12-14-30(15-13-29)25-26-10-3-11-27-25/h2-11,16H,12-15,17-18H2,1H3,(H,28,31). The largest absolute Gasteiger partial charge is 0.339 e. The summed E-state index contributed by atoms with van der Waals surface area (Å²) in [7, 11) is 0. The van der Waals surface area contributed by atoms with E-state index in [0.717, 1.165) is 35.5 Å². The molecule has 0 unspecified atom stereocenters. The smallest absolute Gasteiger partial charge is 0.228 e. The van der Waals surface area contributed by atoms with Crippen LogP contribution in [-0.4, -0.2) is 52.9 Å². The lowest BCUT2D eigenvalue weighted by Gasteiger charge is -2.34. The van der Waals surface area contributed by atoms with Crippen molar-refractivity contribution in [2.24, 2.45) is 0 Å². The van der Waals surface area contributed by atoms with E-state index in [4.69, 9.17) is 0 Å². The molecule has 0 aliphatic carbocycles. The molecule has 0 bridgehead atoms. The minimum atomic E-state index is -0.0558. The van der Waals surface area contributed by atoms with Crippen LogP contribution in [-0.2, 0) is 22.4 Å². The Hall–Kier alpha value is -3.74. The summed E-state index contributed by atoms with van der Waals surface area (Å²) in [5.41, 5.74) is 3.79. The highest BCUT2D eigenvalue weighted by Gasteiger charge is 2.22. The molecule has 7 nitrogen and oxygen atoms in total. The van der Waals surface area contributed by atoms with Crippen molar-refractivity contribution in [3.63, 3.8) is 0 Å². The van der Waals surface area contributed by atoms with E-state index in [2.05, 4.69) is 20.2 Å². The molecule has 3 aromatic rings. The van der Waals surface area contributed by atoms with E-state index >= 15 is 0 Å². The molecule has 0 spiro atoms. The predicted octanol–water partition coefficient (Wildman–Crippen LogP) is 2.86. The first-order chi connectivity index (χ1) is 15.6. The third-order valence-electron chi connectivity index (χ3n) is 5.51. The number of anilines is 2. The van der Waals surface area contributed by atoms with Gasteiger partial charge < -0.3 is 15.1 Å². The van der Waals surface area contributed by atoms with E-state index in [9.17, 15) is 9.59 Å². The normalized spacial score (nSPS) is 13.7. The maximum absolute atomic E-state index is 12.7. The van der Waals surface area contributed by atoms with Crippen molar-refractivity contribution in [3.05, 3.63) is 83.7 Å². The van der Waals surface area contributed by atoms with Crippen molar-refractivity contribution >= 4 is 23.5 Å². The van der Waals surface area contributed by atoms with Gasteiger partial charge in [0.25, 0.3) is 0 Å². The van der Waals surface area contributed by atoms with Gasteiger partial charge in [-0.2, -0.15) is 0 Å². The van der Waals surface area contributed by atoms with Crippen LogP contribution in [0.1, 0.15) is 16.7 Å². The van der Waals surface area contributed by atoms with Crippen LogP contribution in [0.3, 0.4) is 0 Å². The molecule has 0 saturated carbocycles. The highest BCUT2D eigenvalue weighted by atomic mass is 16.2. The highest BCUT2D eigenvalue weighted by Crippen LogP contribution is 2.14. The van der Waals surface area contributed by atoms with Crippen molar-refractivity contribution in [3.8, 4) is 0 Å². The number of piperazine rings is 1. The Morgan fingerprint density at radius 2 is 1.59 bits per heavy atom. The maximum atomic E-state index is 12.7. The number of rotatable bonds is 6. The van der Waals surface area contributed by atoms with Gasteiger partial charge in [0, 0.05) is 44.3 Å². The minimum absolute atomic E-state index is 0.0558. The van der Waals surface area contributed by atoms with Gasteiger partial charge in [0.1, 0.15) is 0 Å². The highest BCUT2D eigenvalue weighted by molar-refractivity contribution is 5.92. The number of nitrogens with zero attached hydrogens (tertiary/aromatic N) is 4. The Kier molecular flexibility index (Phi) is 6.75. The molecule has 1 N–H and O–H groups in total. The summed E-state index contributed by atoms with van der Waals surface area (Å²) in [6.45, 7) is 4.77. The third kappa shape index (κ3) is 5.69. The van der Waals surface area contributed by atoms with Gasteiger partial charge >= 0.3 is 0 Å². The molecule has 7 heteroatoms. The quantitative estimate of drug-likeness (QED) is 0.652. The topological polar surface area (TPSA) is 78.4 Å². The molecule has 1 aromatic heterocycles. The molecule has 4 rings (SSSR count). The summed E-state index contributed by atoms with van der Waals surface area (Å²) in [4.78, 5) is 37.6. The number of amides is 2. The van der Waals surface area contributed by atoms with Gasteiger partial charge in [-0.05, 0) is 36.2 Å². The molecule has 1 saturated heterocycles. The summed E-state index contributed by atoms with van der Waals surface area (Å²) in [6.07, 6.45) is 4.14. The third-order valence-corrected chi connectivity index (χ3v) is 5.51. The molecule has 2 amide bonds. The van der Waals surface area contributed by atoms with E-state index in [1.54, 1.807) is 18.5 Å². The number of nitrogens with one attached hydrogen (secondary N) is 1. The van der Waals surface area contributed by atoms with Crippen LogP contribution in [0.25, 0.3) is 0 Å². The molecule has 0 atom stereocenters. The zero-order valence-corrected chi connectivity index (χ0v) is 18.2. The minimum Gasteiger partial charge on any atom is -0.339 e. The van der Waals surface area contributed by atoms with Crippen molar-refractivity contribution in [1.29, 1.82) is 0 Å². The number of aryl methyl sites for hydroxylation is 1. The van der Waals surface area contributed by atoms with Gasteiger partial charge in [-0.15, -0.1) is 0 Å². The lowest BCUT2D eigenvalue weighted by molar-refractivity contribution is -0.130. The van der Waals surface area contributed by atoms with E-state index in [0.29, 0.717) is 31.9 Å². The number of carbonyl (C=O) groups is 2. The fourth-order valence-electron chi connectivity index (χ4n) is 3.82. The second-order valence-electron chi connectivity index (χ2n) is 8.00. The Labute approximate surface area is 188 Å². The Morgan fingerprint density at radius 3 is 2.28 bits per heavy atom. The summed E-state index contributed by atoms with van der Waals surface area (Å²) in [6, 6.07) is 17.2. The van der Waals surface area contributed by atoms with Crippen LogP contribution in [0, 0.1) is 6.92 Å². The van der Waals surface area contributed by atoms with Gasteiger partial charge in [0.05, 0.1) is 12.8 Å². The lowest BCUT2D eigenvalue weighted by Crippen LogP contribution is -2.49. The molecule has 2 aromatic carbocycles. The first-order valence-electron chi connectivity index (χ1n) is 10.8. The molecule has 164 valence electrons. The van der Waals surface area contributed by atoms with Crippen molar-refractivity contribution in [2.75, 3.05) is 36.4 Å². The van der Waals surface area contributed by atoms with Gasteiger partial charge in [-0.1, -0.05) is 42.0 Å². The number of aromatic nitrogens is 2. The van der Waals surface area contributed by atoms with Crippen LogP contribution < -0.4 is 10.2 Å². The maximum Gasteiger partial charge on any atom is 0.228 e. The number of hydrogen-bond donors (Lipinski definition) is 1. The van der Waals surface area contributed by atoms with Crippen LogP contribution in [0.4, 0.5) is 11.6 Å². The van der Waals surface area contributed by atoms with Crippen LogP contribution >= 0.6 is 0 Å². The van der Waals surface area contributed by atoms with E-state index < -0.39 is 0 Å². The molecule has 1 aliphatic heterocycles. The molecular weight excluding hydrogens is 402 g/mol. The predicted molar refractivity (Wildman–Crippen MR) is 124 cm³/mol. The van der Waals surface area contributed by atoms with Crippen molar-refractivity contribution < 1.29 is 9.59 Å². The molecular formula is C25H27N5O2. The average molecular weight is 430 g/mol. The first-order valence-corrected chi connectivity index (χ1v) is 10.8. The number of carbonyl (C=O) groups excluding carboxylic acids is 2. The molecule has 32 heavy (non-hydrogen) atoms. The van der Waals surface area contributed by atoms with Crippen LogP contribution in [0.5, 0.6) is 0 Å². The van der Waals surface area contributed by atoms with Gasteiger partial charge in [-0.3, -0.25) is 9.59 Å². The second-order valence-corrected chi connectivity index (χ2v) is 8.00. The zero-order valence-electron chi connectivity index (χ0n) is 18.2. The Morgan fingerprint density at radius 1 is 0.875 bits per heavy atom. The van der Waals surface area contributed by atoms with Crippen LogP contribution in [0.2, 0.25) is 0 Å². The summed E-state index contributed by atoms with van der Waals surface area (Å²) in [5.74, 6) is 0.759. The van der Waals surface area contributed by atoms with E-state index in [-0.39, 0.29) is 11.8 Å². The fraction of sp³-hybridized carbons (Fsp3) is 0.280. The van der Waals surface area contributed by atoms with Crippen molar-refractivity contribution in [2.45, 2.75) is 19.8 Å². The monoisotopic (exact) mass is 429 g/mol. The van der Waals surface area contributed by atoms with Crippen LogP contribution in [0.15, 0.2) is 67.0 Å². The summed E-state index contributed by atoms with van der Waals surface area (Å²) < 4.78 is 0. The summed E-state index contributed by atoms with van der Waals surface area (Å²) in [5, 5.41) is 2.92. The molecule has 1 aliphatic rings. The van der Waals surface area contributed by atoms with Gasteiger partial charge in [-0.25, -0.2) is 9.97 Å². The zero-order chi connectivity index (χ0) is 22.3. The van der Waals surface area contributed by atoms with E-state index in [1.165, 1.54) is 0 Å². The van der Waals surface area contributed by atoms with E-state index in [1.807, 2.05) is 60.4 Å². The number of benzene rings is 2. The molecule has 1 fully saturated rings. The van der Waals surface area contributed by atoms with Crippen molar-refractivity contribution in [1.82, 2.24) is 14.9 Å². The Balaban J connectivity index is 1.25. The summed E-state index contributed by atoms with van der Waals surface area (Å²) >= 11 is 0. The molecule has 2 heterocycles.